The lowest BCUT2D eigenvalue weighted by atomic mass is 10.0. The molecule has 2 unspecified atom stereocenters. The van der Waals surface area contributed by atoms with Gasteiger partial charge in [-0.1, -0.05) is 12.1 Å². The summed E-state index contributed by atoms with van der Waals surface area (Å²) in [5.74, 6) is 0.862. The number of aliphatic hydroxyl groups is 1. The van der Waals surface area contributed by atoms with E-state index in [2.05, 4.69) is 11.0 Å². The Morgan fingerprint density at radius 3 is 3.06 bits per heavy atom. The summed E-state index contributed by atoms with van der Waals surface area (Å²) in [7, 11) is 3.68. The number of methoxy groups -OCH3 is 1. The van der Waals surface area contributed by atoms with Gasteiger partial charge < -0.3 is 14.6 Å². The van der Waals surface area contributed by atoms with Crippen LogP contribution < -0.4 is 4.74 Å². The third-order valence-corrected chi connectivity index (χ3v) is 3.42. The first-order chi connectivity index (χ1) is 8.70. The summed E-state index contributed by atoms with van der Waals surface area (Å²) >= 11 is 0. The van der Waals surface area contributed by atoms with Gasteiger partial charge in [0, 0.05) is 13.2 Å². The van der Waals surface area contributed by atoms with Crippen molar-refractivity contribution < 1.29 is 14.6 Å². The molecule has 1 fully saturated rings. The zero-order valence-corrected chi connectivity index (χ0v) is 11.0. The standard InChI is InChI=1S/C14H21NO3/c1-15(13-10-18-7-6-14(13)16)9-11-4-3-5-12(8-11)17-2/h3-5,8,13-14,16H,6-7,9-10H2,1-2H3. The van der Waals surface area contributed by atoms with E-state index in [0.717, 1.165) is 12.3 Å². The van der Waals surface area contributed by atoms with Crippen LogP contribution in [0.1, 0.15) is 12.0 Å². The highest BCUT2D eigenvalue weighted by Gasteiger charge is 2.27. The lowest BCUT2D eigenvalue weighted by molar-refractivity contribution is -0.0563. The van der Waals surface area contributed by atoms with Gasteiger partial charge in [-0.2, -0.15) is 0 Å². The predicted molar refractivity (Wildman–Crippen MR) is 69.7 cm³/mol. The highest BCUT2D eigenvalue weighted by Crippen LogP contribution is 2.18. The molecule has 0 amide bonds. The molecule has 0 radical (unpaired) electrons. The van der Waals surface area contributed by atoms with Crippen molar-refractivity contribution in [3.63, 3.8) is 0 Å². The molecule has 2 rings (SSSR count). The van der Waals surface area contributed by atoms with Gasteiger partial charge in [0.05, 0.1) is 25.9 Å². The number of aliphatic hydroxyl groups excluding tert-OH is 1. The highest BCUT2D eigenvalue weighted by atomic mass is 16.5. The second-order valence-corrected chi connectivity index (χ2v) is 4.76. The zero-order valence-electron chi connectivity index (χ0n) is 11.0. The fourth-order valence-corrected chi connectivity index (χ4v) is 2.31. The third-order valence-electron chi connectivity index (χ3n) is 3.42. The highest BCUT2D eigenvalue weighted by molar-refractivity contribution is 5.28. The number of hydrogen-bond acceptors (Lipinski definition) is 4. The molecule has 0 spiro atoms. The molecule has 18 heavy (non-hydrogen) atoms. The van der Waals surface area contributed by atoms with Crippen LogP contribution in [0.4, 0.5) is 0 Å². The van der Waals surface area contributed by atoms with Crippen LogP contribution in [-0.4, -0.2) is 49.5 Å². The van der Waals surface area contributed by atoms with Crippen molar-refractivity contribution in [3.05, 3.63) is 29.8 Å². The molecular weight excluding hydrogens is 230 g/mol. The first-order valence-electron chi connectivity index (χ1n) is 6.29. The average molecular weight is 251 g/mol. The van der Waals surface area contributed by atoms with Crippen LogP contribution in [0.15, 0.2) is 24.3 Å². The van der Waals surface area contributed by atoms with Crippen molar-refractivity contribution in [2.45, 2.75) is 25.1 Å². The van der Waals surface area contributed by atoms with Gasteiger partial charge in [-0.05, 0) is 31.2 Å². The molecule has 1 aliphatic heterocycles. The average Bonchev–Trinajstić information content (AvgIpc) is 2.39. The maximum atomic E-state index is 9.97. The van der Waals surface area contributed by atoms with Crippen molar-refractivity contribution >= 4 is 0 Å². The Bertz CT molecular complexity index is 383. The fraction of sp³-hybridized carbons (Fsp3) is 0.571. The van der Waals surface area contributed by atoms with E-state index < -0.39 is 0 Å². The normalized spacial score (nSPS) is 24.2. The van der Waals surface area contributed by atoms with E-state index >= 15 is 0 Å². The van der Waals surface area contributed by atoms with Gasteiger partial charge in [-0.3, -0.25) is 4.90 Å². The van der Waals surface area contributed by atoms with Crippen molar-refractivity contribution in [2.24, 2.45) is 0 Å². The molecule has 1 N–H and O–H groups in total. The lowest BCUT2D eigenvalue weighted by Crippen LogP contribution is -2.47. The number of likely N-dealkylation sites (N-methyl/N-ethyl adjacent to an activating group) is 1. The summed E-state index contributed by atoms with van der Waals surface area (Å²) < 4.78 is 10.6. The van der Waals surface area contributed by atoms with Crippen LogP contribution in [0.25, 0.3) is 0 Å². The Hall–Kier alpha value is -1.10. The molecule has 1 aromatic rings. The van der Waals surface area contributed by atoms with Crippen molar-refractivity contribution in [2.75, 3.05) is 27.4 Å². The predicted octanol–water partition coefficient (Wildman–Crippen LogP) is 1.28. The van der Waals surface area contributed by atoms with Gasteiger partial charge in [-0.15, -0.1) is 0 Å². The molecule has 1 saturated heterocycles. The molecule has 1 aromatic carbocycles. The molecule has 1 heterocycles. The SMILES string of the molecule is COc1cccc(CN(C)C2COCCC2O)c1. The van der Waals surface area contributed by atoms with Gasteiger partial charge in [-0.25, -0.2) is 0 Å². The van der Waals surface area contributed by atoms with Crippen LogP contribution in [0.2, 0.25) is 0 Å². The van der Waals surface area contributed by atoms with E-state index in [-0.39, 0.29) is 12.1 Å². The topological polar surface area (TPSA) is 41.9 Å². The molecule has 0 saturated carbocycles. The first-order valence-corrected chi connectivity index (χ1v) is 6.29. The number of benzene rings is 1. The van der Waals surface area contributed by atoms with E-state index in [4.69, 9.17) is 9.47 Å². The van der Waals surface area contributed by atoms with Crippen LogP contribution in [0.3, 0.4) is 0 Å². The quantitative estimate of drug-likeness (QED) is 0.875. The molecule has 2 atom stereocenters. The minimum absolute atomic E-state index is 0.0740. The van der Waals surface area contributed by atoms with Crippen LogP contribution in [0, 0.1) is 0 Å². The molecule has 1 aliphatic rings. The van der Waals surface area contributed by atoms with Crippen molar-refractivity contribution in [1.82, 2.24) is 4.90 Å². The Morgan fingerprint density at radius 1 is 1.50 bits per heavy atom. The Labute approximate surface area is 108 Å². The molecule has 4 nitrogen and oxygen atoms in total. The number of rotatable bonds is 4. The van der Waals surface area contributed by atoms with Crippen LogP contribution >= 0.6 is 0 Å². The smallest absolute Gasteiger partial charge is 0.119 e. The Balaban J connectivity index is 1.98. The minimum atomic E-state index is -0.297. The summed E-state index contributed by atoms with van der Waals surface area (Å²) in [4.78, 5) is 2.14. The molecule has 0 aromatic heterocycles. The van der Waals surface area contributed by atoms with Crippen molar-refractivity contribution in [1.29, 1.82) is 0 Å². The minimum Gasteiger partial charge on any atom is -0.497 e. The van der Waals surface area contributed by atoms with Gasteiger partial charge >= 0.3 is 0 Å². The van der Waals surface area contributed by atoms with Crippen LogP contribution in [0.5, 0.6) is 5.75 Å². The Morgan fingerprint density at radius 2 is 2.33 bits per heavy atom. The lowest BCUT2D eigenvalue weighted by Gasteiger charge is -2.35. The van der Waals surface area contributed by atoms with E-state index in [1.807, 2.05) is 25.2 Å². The molecule has 100 valence electrons. The van der Waals surface area contributed by atoms with Crippen LogP contribution in [-0.2, 0) is 11.3 Å². The molecular formula is C14H21NO3. The second kappa shape index (κ2) is 6.18. The summed E-state index contributed by atoms with van der Waals surface area (Å²) in [6, 6.07) is 8.07. The summed E-state index contributed by atoms with van der Waals surface area (Å²) in [5.41, 5.74) is 1.18. The summed E-state index contributed by atoms with van der Waals surface area (Å²) in [6.45, 7) is 2.04. The third kappa shape index (κ3) is 3.22. The van der Waals surface area contributed by atoms with E-state index in [1.54, 1.807) is 7.11 Å². The maximum Gasteiger partial charge on any atom is 0.119 e. The number of nitrogens with zero attached hydrogens (tertiary/aromatic N) is 1. The van der Waals surface area contributed by atoms with E-state index in [0.29, 0.717) is 19.6 Å². The maximum absolute atomic E-state index is 9.97. The fourth-order valence-electron chi connectivity index (χ4n) is 2.31. The van der Waals surface area contributed by atoms with Gasteiger partial charge in [0.1, 0.15) is 5.75 Å². The van der Waals surface area contributed by atoms with Gasteiger partial charge in [0.2, 0.25) is 0 Å². The monoisotopic (exact) mass is 251 g/mol. The number of ether oxygens (including phenoxy) is 2. The number of hydrogen-bond donors (Lipinski definition) is 1. The van der Waals surface area contributed by atoms with Gasteiger partial charge in [0.15, 0.2) is 0 Å². The molecule has 0 aliphatic carbocycles. The first kappa shape index (κ1) is 13.3. The Kier molecular flexibility index (Phi) is 4.58. The zero-order chi connectivity index (χ0) is 13.0. The van der Waals surface area contributed by atoms with E-state index in [9.17, 15) is 5.11 Å². The molecule has 4 heteroatoms. The molecule has 0 bridgehead atoms. The van der Waals surface area contributed by atoms with E-state index in [1.165, 1.54) is 5.56 Å². The largest absolute Gasteiger partial charge is 0.497 e. The summed E-state index contributed by atoms with van der Waals surface area (Å²) in [6.07, 6.45) is 0.419. The second-order valence-electron chi connectivity index (χ2n) is 4.76. The van der Waals surface area contributed by atoms with Gasteiger partial charge in [0.25, 0.3) is 0 Å². The summed E-state index contributed by atoms with van der Waals surface area (Å²) in [5, 5.41) is 9.97. The van der Waals surface area contributed by atoms with Crippen molar-refractivity contribution in [3.8, 4) is 5.75 Å².